The van der Waals surface area contributed by atoms with Crippen molar-refractivity contribution in [2.75, 3.05) is 13.1 Å². The van der Waals surface area contributed by atoms with E-state index in [-0.39, 0.29) is 15.6 Å². The van der Waals surface area contributed by atoms with E-state index in [4.69, 9.17) is 0 Å². The van der Waals surface area contributed by atoms with Crippen LogP contribution in [-0.2, 0) is 13.0 Å². The van der Waals surface area contributed by atoms with Gasteiger partial charge in [0, 0.05) is 22.3 Å². The fourth-order valence-electron chi connectivity index (χ4n) is 7.26. The maximum absolute atomic E-state index is 15.0. The van der Waals surface area contributed by atoms with Crippen molar-refractivity contribution in [3.63, 3.8) is 0 Å². The molecular formula is C42H36F6N+. The Kier molecular flexibility index (Phi) is 8.08. The van der Waals surface area contributed by atoms with E-state index in [1.54, 1.807) is 12.1 Å². The van der Waals surface area contributed by atoms with Crippen LogP contribution >= 0.6 is 0 Å². The van der Waals surface area contributed by atoms with Crippen molar-refractivity contribution in [3.8, 4) is 33.4 Å². The Morgan fingerprint density at radius 2 is 0.918 bits per heavy atom. The molecule has 7 heteroatoms. The topological polar surface area (TPSA) is 0 Å². The number of quaternary nitrogens is 1. The summed E-state index contributed by atoms with van der Waals surface area (Å²) in [4.78, 5) is 0. The molecular weight excluding hydrogens is 632 g/mol. The number of hydrogen-bond acceptors (Lipinski definition) is 0. The molecule has 6 aromatic rings. The molecule has 49 heavy (non-hydrogen) atoms. The molecule has 2 atom stereocenters. The molecule has 0 radical (unpaired) electrons. The van der Waals surface area contributed by atoms with Gasteiger partial charge in [-0.1, -0.05) is 75.2 Å². The number of nitrogens with zero attached hydrogens (tertiary/aromatic N) is 1. The van der Waals surface area contributed by atoms with E-state index < -0.39 is 47.9 Å². The minimum atomic E-state index is -1.60. The number of benzene rings is 6. The predicted molar refractivity (Wildman–Crippen MR) is 185 cm³/mol. The van der Waals surface area contributed by atoms with Crippen LogP contribution in [0, 0.1) is 34.9 Å². The van der Waals surface area contributed by atoms with Crippen LogP contribution in [0.15, 0.2) is 84.9 Å². The summed E-state index contributed by atoms with van der Waals surface area (Å²) in [5, 5.41) is 2.75. The average molecular weight is 671 g/mol. The van der Waals surface area contributed by atoms with Crippen LogP contribution in [0.25, 0.3) is 54.9 Å². The molecule has 0 saturated heterocycles. The lowest BCUT2D eigenvalue weighted by Crippen LogP contribution is -2.47. The highest BCUT2D eigenvalue weighted by Crippen LogP contribution is 2.50. The number of rotatable bonds is 8. The summed E-state index contributed by atoms with van der Waals surface area (Å²) in [6.07, 6.45) is 2.79. The van der Waals surface area contributed by atoms with Crippen molar-refractivity contribution >= 4 is 21.5 Å². The molecule has 0 spiro atoms. The van der Waals surface area contributed by atoms with Crippen LogP contribution in [0.3, 0.4) is 0 Å². The van der Waals surface area contributed by atoms with Crippen molar-refractivity contribution < 1.29 is 33.6 Å². The van der Waals surface area contributed by atoms with Crippen LogP contribution in [0.5, 0.6) is 0 Å². The lowest BCUT2D eigenvalue weighted by atomic mass is 9.82. The van der Waals surface area contributed by atoms with E-state index in [2.05, 4.69) is 0 Å². The van der Waals surface area contributed by atoms with Crippen molar-refractivity contribution in [1.29, 1.82) is 0 Å². The zero-order chi connectivity index (χ0) is 36.2. The van der Waals surface area contributed by atoms with E-state index in [9.17, 15) is 29.1 Å². The Labute approximate surface area is 284 Å². The van der Waals surface area contributed by atoms with Crippen molar-refractivity contribution in [1.82, 2.24) is 0 Å². The molecule has 1 nitrogen and oxygen atoms in total. The minimum absolute atomic E-state index is 0.0443. The summed E-state index contributed by atoms with van der Waals surface area (Å²) < 4.78 is 109. The average Bonchev–Trinajstić information content (AvgIpc) is 3.21. The Bertz CT molecular complexity index is 2110. The van der Waals surface area contributed by atoms with Gasteiger partial charge in [0.15, 0.2) is 34.9 Å². The Hall–Kier alpha value is -4.62. The molecule has 0 aromatic heterocycles. The summed E-state index contributed by atoms with van der Waals surface area (Å²) in [6.45, 7) is 2.43. The first kappa shape index (κ1) is 30.4. The second-order valence-electron chi connectivity index (χ2n) is 12.9. The summed E-state index contributed by atoms with van der Waals surface area (Å²) in [5.74, 6) is -8.68. The van der Waals surface area contributed by atoms with Gasteiger partial charge >= 0.3 is 0 Å². The highest BCUT2D eigenvalue weighted by Gasteiger charge is 2.38. The summed E-state index contributed by atoms with van der Waals surface area (Å²) in [5.41, 5.74) is 2.67. The monoisotopic (exact) mass is 670 g/mol. The van der Waals surface area contributed by atoms with Crippen LogP contribution < -0.4 is 0 Å². The Morgan fingerprint density at radius 3 is 1.29 bits per heavy atom. The molecule has 1 aliphatic rings. The minimum Gasteiger partial charge on any atom is -0.316 e. The third-order valence-corrected chi connectivity index (χ3v) is 9.65. The second kappa shape index (κ2) is 13.0. The van der Waals surface area contributed by atoms with Crippen LogP contribution in [0.1, 0.15) is 53.4 Å². The van der Waals surface area contributed by atoms with E-state index >= 15 is 0 Å². The van der Waals surface area contributed by atoms with Crippen molar-refractivity contribution in [2.24, 2.45) is 0 Å². The SMILES string of the molecule is [2H][C@@H]1c2c(-c3cc(F)c(F)c(F)c3)cc3ccccc3c2-c2c(c(-c3cc(F)c(F)c(F)c3)cc3ccccc23)[C@@H]([2H])[N+]1(CCCC)CCCC. The lowest BCUT2D eigenvalue weighted by molar-refractivity contribution is -0.953. The van der Waals surface area contributed by atoms with Gasteiger partial charge in [-0.15, -0.1) is 0 Å². The van der Waals surface area contributed by atoms with E-state index in [1.165, 1.54) is 0 Å². The van der Waals surface area contributed by atoms with Crippen LogP contribution in [0.2, 0.25) is 0 Å². The van der Waals surface area contributed by atoms with Gasteiger partial charge in [-0.2, -0.15) is 0 Å². The maximum atomic E-state index is 15.0. The number of unbranched alkanes of at least 4 members (excludes halogenated alkanes) is 2. The fraction of sp³-hybridized carbons (Fsp3) is 0.238. The highest BCUT2D eigenvalue weighted by molar-refractivity contribution is 6.11. The van der Waals surface area contributed by atoms with Gasteiger partial charge in [0.05, 0.1) is 15.8 Å². The molecule has 0 bridgehead atoms. The molecule has 1 aliphatic heterocycles. The molecule has 0 unspecified atom stereocenters. The number of halogens is 6. The molecule has 0 N–H and O–H groups in total. The summed E-state index contributed by atoms with van der Waals surface area (Å²) in [6, 6.07) is 22.0. The van der Waals surface area contributed by atoms with Gasteiger partial charge in [0.1, 0.15) is 13.0 Å². The normalized spacial score (nSPS) is 17.4. The highest BCUT2D eigenvalue weighted by atomic mass is 19.2. The number of fused-ring (bicyclic) bond motifs is 7. The van der Waals surface area contributed by atoms with Crippen molar-refractivity contribution in [2.45, 2.75) is 52.6 Å². The van der Waals surface area contributed by atoms with Crippen LogP contribution in [-0.4, -0.2) is 17.6 Å². The van der Waals surface area contributed by atoms with Gasteiger partial charge in [-0.3, -0.25) is 0 Å². The second-order valence-corrected chi connectivity index (χ2v) is 12.9. The zero-order valence-corrected chi connectivity index (χ0v) is 27.2. The molecule has 250 valence electrons. The lowest BCUT2D eigenvalue weighted by Gasteiger charge is -2.39. The van der Waals surface area contributed by atoms with Crippen LogP contribution in [0.4, 0.5) is 26.3 Å². The standard InChI is InChI=1S/C42H36F6N/c1-3-5-15-49(16-6-4-2)23-33-31(27-19-35(43)41(47)36(44)20-27)17-25-11-7-9-13-29(25)39(33)40-30-14-10-8-12-26(30)18-32(34(40)24-49)28-21-37(45)42(48)38(46)22-28/h7-14,17-22H,3-6,15-16,23-24H2,1-2H3/q+1/i23D,24D/t23-,24-/m1/s1. The Morgan fingerprint density at radius 1 is 0.551 bits per heavy atom. The summed E-state index contributed by atoms with van der Waals surface area (Å²) >= 11 is 0. The van der Waals surface area contributed by atoms with Gasteiger partial charge < -0.3 is 4.48 Å². The first-order chi connectivity index (χ1) is 24.5. The van der Waals surface area contributed by atoms with E-state index in [0.717, 1.165) is 37.1 Å². The largest absolute Gasteiger partial charge is 0.316 e. The molecule has 0 fully saturated rings. The van der Waals surface area contributed by atoms with Gasteiger partial charge in [0.2, 0.25) is 0 Å². The first-order valence-corrected chi connectivity index (χ1v) is 16.6. The fourth-order valence-corrected chi connectivity index (χ4v) is 7.26. The quantitative estimate of drug-likeness (QED) is 0.0859. The van der Waals surface area contributed by atoms with Gasteiger partial charge in [-0.05, 0) is 93.0 Å². The first-order valence-electron chi connectivity index (χ1n) is 17.8. The van der Waals surface area contributed by atoms with Gasteiger partial charge in [0.25, 0.3) is 0 Å². The van der Waals surface area contributed by atoms with Crippen molar-refractivity contribution in [3.05, 3.63) is 131 Å². The van der Waals surface area contributed by atoms with Gasteiger partial charge in [-0.25, -0.2) is 26.3 Å². The van der Waals surface area contributed by atoms with E-state index in [0.29, 0.717) is 80.9 Å². The molecule has 0 saturated carbocycles. The van der Waals surface area contributed by atoms with E-state index in [1.807, 2.05) is 62.4 Å². The smallest absolute Gasteiger partial charge is 0.194 e. The third-order valence-electron chi connectivity index (χ3n) is 9.65. The zero-order valence-electron chi connectivity index (χ0n) is 29.2. The number of hydrogen-bond donors (Lipinski definition) is 0. The molecule has 7 rings (SSSR count). The molecule has 6 aromatic carbocycles. The maximum Gasteiger partial charge on any atom is 0.194 e. The molecule has 0 aliphatic carbocycles. The molecule has 1 heterocycles. The molecule has 0 amide bonds. The summed E-state index contributed by atoms with van der Waals surface area (Å²) in [7, 11) is 0. The predicted octanol–water partition coefficient (Wildman–Crippen LogP) is 12.3. The third kappa shape index (κ3) is 5.78. The Balaban J connectivity index is 1.75.